The van der Waals surface area contributed by atoms with Crippen LogP contribution in [0.1, 0.15) is 201 Å². The SMILES string of the molecule is CC\C=C/C=C\C=C/C=C\C=C\C=C/C=C\CCCCCC(=O)OCC(COC(=O)CCCCCCCCCCCCCCCCC)OC(=O)CCCCC\C=C/C=C/C=C\C=C/C=C\C=C/CC. The van der Waals surface area contributed by atoms with Crippen LogP contribution in [0, 0.1) is 0 Å². The summed E-state index contributed by atoms with van der Waals surface area (Å²) in [7, 11) is 0. The second-order valence-corrected chi connectivity index (χ2v) is 17.4. The molecule has 0 saturated carbocycles. The number of carbonyl (C=O) groups excluding carboxylic acids is 3. The summed E-state index contributed by atoms with van der Waals surface area (Å²) in [6.45, 7) is 6.26. The van der Waals surface area contributed by atoms with Crippen LogP contribution in [0.5, 0.6) is 0 Å². The van der Waals surface area contributed by atoms with Crippen LogP contribution in [0.15, 0.2) is 158 Å². The molecule has 0 aliphatic carbocycles. The van der Waals surface area contributed by atoms with Gasteiger partial charge in [0.1, 0.15) is 13.2 Å². The molecule has 0 aromatic heterocycles. The number of hydrogen-bond donors (Lipinski definition) is 0. The van der Waals surface area contributed by atoms with Crippen LogP contribution in [0.3, 0.4) is 0 Å². The molecule has 0 aromatic carbocycles. The van der Waals surface area contributed by atoms with Crippen molar-refractivity contribution in [2.75, 3.05) is 13.2 Å². The van der Waals surface area contributed by atoms with E-state index in [-0.39, 0.29) is 44.0 Å². The average molecular weight is 949 g/mol. The molecule has 6 nitrogen and oxygen atoms in total. The monoisotopic (exact) mass is 949 g/mol. The van der Waals surface area contributed by atoms with Gasteiger partial charge in [0, 0.05) is 19.3 Å². The van der Waals surface area contributed by atoms with Crippen molar-refractivity contribution in [3.63, 3.8) is 0 Å². The maximum absolute atomic E-state index is 12.8. The zero-order chi connectivity index (χ0) is 50.0. The summed E-state index contributed by atoms with van der Waals surface area (Å²) in [4.78, 5) is 38.1. The Hall–Kier alpha value is -4.97. The molecule has 0 saturated heterocycles. The molecule has 0 aromatic rings. The lowest BCUT2D eigenvalue weighted by Gasteiger charge is -2.18. The van der Waals surface area contributed by atoms with Gasteiger partial charge in [-0.15, -0.1) is 0 Å². The fraction of sp³-hybridized carbons (Fsp3) is 0.540. The number of unbranched alkanes of at least 4 members (excludes halogenated alkanes) is 20. The minimum atomic E-state index is -0.827. The normalized spacial score (nSPS) is 13.4. The molecule has 384 valence electrons. The van der Waals surface area contributed by atoms with Gasteiger partial charge in [0.25, 0.3) is 0 Å². The van der Waals surface area contributed by atoms with Crippen LogP contribution in [-0.4, -0.2) is 37.2 Å². The maximum Gasteiger partial charge on any atom is 0.306 e. The minimum absolute atomic E-state index is 0.117. The summed E-state index contributed by atoms with van der Waals surface area (Å²) in [5, 5.41) is 0. The van der Waals surface area contributed by atoms with E-state index in [4.69, 9.17) is 14.2 Å². The van der Waals surface area contributed by atoms with Gasteiger partial charge in [-0.1, -0.05) is 281 Å². The van der Waals surface area contributed by atoms with Gasteiger partial charge in [-0.25, -0.2) is 0 Å². The number of rotatable bonds is 46. The summed E-state index contributed by atoms with van der Waals surface area (Å²) < 4.78 is 16.8. The van der Waals surface area contributed by atoms with Gasteiger partial charge >= 0.3 is 17.9 Å². The highest BCUT2D eigenvalue weighted by atomic mass is 16.6. The molecule has 0 rings (SSSR count). The molecule has 0 fully saturated rings. The molecule has 6 heteroatoms. The second-order valence-electron chi connectivity index (χ2n) is 17.4. The third-order valence-corrected chi connectivity index (χ3v) is 10.9. The summed E-state index contributed by atoms with van der Waals surface area (Å²) in [6.07, 6.45) is 80.7. The Morgan fingerprint density at radius 3 is 0.884 bits per heavy atom. The van der Waals surface area contributed by atoms with E-state index in [1.807, 2.05) is 134 Å². The van der Waals surface area contributed by atoms with Crippen molar-refractivity contribution in [1.82, 2.24) is 0 Å². The second kappa shape index (κ2) is 55.6. The van der Waals surface area contributed by atoms with E-state index >= 15 is 0 Å². The highest BCUT2D eigenvalue weighted by Gasteiger charge is 2.19. The molecular weight excluding hydrogens is 853 g/mol. The van der Waals surface area contributed by atoms with E-state index < -0.39 is 6.10 Å². The topological polar surface area (TPSA) is 78.9 Å². The highest BCUT2D eigenvalue weighted by Crippen LogP contribution is 2.15. The summed E-state index contributed by atoms with van der Waals surface area (Å²) in [5.41, 5.74) is 0. The van der Waals surface area contributed by atoms with E-state index in [1.54, 1.807) is 0 Å². The van der Waals surface area contributed by atoms with Crippen molar-refractivity contribution in [2.45, 2.75) is 207 Å². The Bertz CT molecular complexity index is 1610. The van der Waals surface area contributed by atoms with Gasteiger partial charge in [-0.05, 0) is 57.8 Å². The highest BCUT2D eigenvalue weighted by molar-refractivity contribution is 5.71. The molecule has 0 N–H and O–H groups in total. The summed E-state index contributed by atoms with van der Waals surface area (Å²) in [5.74, 6) is -1.02. The molecule has 1 unspecified atom stereocenters. The van der Waals surface area contributed by atoms with Crippen LogP contribution in [0.25, 0.3) is 0 Å². The average Bonchev–Trinajstić information content (AvgIpc) is 3.35. The summed E-state index contributed by atoms with van der Waals surface area (Å²) >= 11 is 0. The number of carbonyl (C=O) groups is 3. The molecule has 0 aliphatic heterocycles. The first-order valence-corrected chi connectivity index (χ1v) is 27.2. The predicted octanol–water partition coefficient (Wildman–Crippen LogP) is 18.2. The van der Waals surface area contributed by atoms with Crippen molar-refractivity contribution >= 4 is 17.9 Å². The molecule has 0 aliphatic rings. The number of esters is 3. The molecule has 0 amide bonds. The molecule has 69 heavy (non-hydrogen) atoms. The third-order valence-electron chi connectivity index (χ3n) is 10.9. The summed E-state index contributed by atoms with van der Waals surface area (Å²) in [6, 6.07) is 0. The maximum atomic E-state index is 12.8. The van der Waals surface area contributed by atoms with Crippen molar-refractivity contribution in [3.8, 4) is 0 Å². The quantitative estimate of drug-likeness (QED) is 0.0262. The fourth-order valence-electron chi connectivity index (χ4n) is 6.87. The van der Waals surface area contributed by atoms with Crippen molar-refractivity contribution < 1.29 is 28.6 Å². The number of ether oxygens (including phenoxy) is 3. The minimum Gasteiger partial charge on any atom is -0.462 e. The van der Waals surface area contributed by atoms with E-state index in [9.17, 15) is 14.4 Å². The van der Waals surface area contributed by atoms with Gasteiger partial charge in [0.15, 0.2) is 6.10 Å². The van der Waals surface area contributed by atoms with E-state index in [0.29, 0.717) is 19.3 Å². The first-order valence-electron chi connectivity index (χ1n) is 27.2. The van der Waals surface area contributed by atoms with Crippen LogP contribution in [0.2, 0.25) is 0 Å². The first-order chi connectivity index (χ1) is 34.0. The van der Waals surface area contributed by atoms with Gasteiger partial charge in [-0.3, -0.25) is 14.4 Å². The zero-order valence-corrected chi connectivity index (χ0v) is 43.8. The van der Waals surface area contributed by atoms with E-state index in [2.05, 4.69) is 45.1 Å². The Morgan fingerprint density at radius 2 is 0.565 bits per heavy atom. The molecule has 0 spiro atoms. The largest absolute Gasteiger partial charge is 0.462 e. The third kappa shape index (κ3) is 53.8. The Kier molecular flexibility index (Phi) is 51.6. The van der Waals surface area contributed by atoms with E-state index in [1.165, 1.54) is 77.0 Å². The molecule has 0 heterocycles. The lowest BCUT2D eigenvalue weighted by molar-refractivity contribution is -0.167. The van der Waals surface area contributed by atoms with Crippen molar-refractivity contribution in [2.24, 2.45) is 0 Å². The lowest BCUT2D eigenvalue weighted by Crippen LogP contribution is -2.30. The van der Waals surface area contributed by atoms with Gasteiger partial charge in [-0.2, -0.15) is 0 Å². The van der Waals surface area contributed by atoms with Crippen LogP contribution in [-0.2, 0) is 28.6 Å². The standard InChI is InChI=1S/C63H96O6/c1-4-7-10-13-16-19-22-25-28-30-31-33-35-38-41-44-47-50-53-56-62(65)68-59-60(58-67-61(64)55-52-49-46-43-40-37-34-27-24-21-18-15-12-9-6-3)69-63(66)57-54-51-48-45-42-39-36-32-29-26-23-20-17-14-11-8-5-2/h7-8,10-11,13-14,16-17,19-20,22-23,25-26,28-33,35-36,38-39,41-42,60H,4-6,9,12,15,18,21,24,27,34,37,40,43-59H2,1-3H3/b10-7-,11-8-,16-13-,17-14-,22-19-,23-20-,28-25-,29-26-,31-30+,35-33-,36-32+,41-38-,42-39-. The van der Waals surface area contributed by atoms with Gasteiger partial charge < -0.3 is 14.2 Å². The molecule has 0 bridgehead atoms. The van der Waals surface area contributed by atoms with Crippen LogP contribution in [0.4, 0.5) is 0 Å². The Balaban J connectivity index is 4.61. The van der Waals surface area contributed by atoms with Crippen molar-refractivity contribution in [1.29, 1.82) is 0 Å². The molecular formula is C63H96O6. The Labute approximate surface area is 422 Å². The van der Waals surface area contributed by atoms with Gasteiger partial charge in [0.2, 0.25) is 0 Å². The number of hydrogen-bond acceptors (Lipinski definition) is 6. The van der Waals surface area contributed by atoms with Crippen LogP contribution < -0.4 is 0 Å². The van der Waals surface area contributed by atoms with Crippen molar-refractivity contribution in [3.05, 3.63) is 158 Å². The lowest BCUT2D eigenvalue weighted by atomic mass is 10.0. The zero-order valence-electron chi connectivity index (χ0n) is 43.8. The Morgan fingerprint density at radius 1 is 0.304 bits per heavy atom. The molecule has 1 atom stereocenters. The fourth-order valence-corrected chi connectivity index (χ4v) is 6.87. The smallest absolute Gasteiger partial charge is 0.306 e. The first kappa shape index (κ1) is 64.0. The number of allylic oxidation sites excluding steroid dienone is 26. The van der Waals surface area contributed by atoms with Gasteiger partial charge in [0.05, 0.1) is 0 Å². The molecule has 0 radical (unpaired) electrons. The van der Waals surface area contributed by atoms with Crippen LogP contribution >= 0.6 is 0 Å². The van der Waals surface area contributed by atoms with E-state index in [0.717, 1.165) is 70.6 Å². The predicted molar refractivity (Wildman–Crippen MR) is 297 cm³/mol.